The van der Waals surface area contributed by atoms with E-state index in [4.69, 9.17) is 10.8 Å². The maximum absolute atomic E-state index is 10.8. The molecular formula is C13H20N2O2S. The number of carboxylic acids is 1. The maximum atomic E-state index is 10.8. The van der Waals surface area contributed by atoms with Gasteiger partial charge in [0.25, 0.3) is 0 Å². The van der Waals surface area contributed by atoms with E-state index in [0.717, 1.165) is 10.9 Å². The molecule has 3 unspecified atom stereocenters. The SMILES string of the molecule is CCC1CCCC(c2nc(C(N)C(=O)O)cs2)C1. The fraction of sp³-hybridized carbons (Fsp3) is 0.692. The van der Waals surface area contributed by atoms with Crippen LogP contribution in [0.5, 0.6) is 0 Å². The number of aromatic nitrogens is 1. The topological polar surface area (TPSA) is 76.2 Å². The van der Waals surface area contributed by atoms with Gasteiger partial charge < -0.3 is 10.8 Å². The van der Waals surface area contributed by atoms with Crippen molar-refractivity contribution in [2.24, 2.45) is 11.7 Å². The highest BCUT2D eigenvalue weighted by Crippen LogP contribution is 2.38. The van der Waals surface area contributed by atoms with Crippen molar-refractivity contribution in [3.8, 4) is 0 Å². The second kappa shape index (κ2) is 5.80. The molecule has 1 aliphatic carbocycles. The van der Waals surface area contributed by atoms with Crippen molar-refractivity contribution in [1.29, 1.82) is 0 Å². The minimum Gasteiger partial charge on any atom is -0.480 e. The minimum atomic E-state index is -1.01. The van der Waals surface area contributed by atoms with E-state index in [2.05, 4.69) is 11.9 Å². The van der Waals surface area contributed by atoms with Crippen LogP contribution in [0.2, 0.25) is 0 Å². The summed E-state index contributed by atoms with van der Waals surface area (Å²) in [5.74, 6) is 0.287. The van der Waals surface area contributed by atoms with Crippen molar-refractivity contribution < 1.29 is 9.90 Å². The number of hydrogen-bond acceptors (Lipinski definition) is 4. The van der Waals surface area contributed by atoms with Gasteiger partial charge in [-0.15, -0.1) is 11.3 Å². The van der Waals surface area contributed by atoms with Gasteiger partial charge in [-0.05, 0) is 18.8 Å². The van der Waals surface area contributed by atoms with Gasteiger partial charge in [-0.2, -0.15) is 0 Å². The molecule has 18 heavy (non-hydrogen) atoms. The number of carbonyl (C=O) groups is 1. The smallest absolute Gasteiger partial charge is 0.326 e. The zero-order chi connectivity index (χ0) is 13.1. The molecule has 0 spiro atoms. The van der Waals surface area contributed by atoms with Gasteiger partial charge in [0.2, 0.25) is 0 Å². The minimum absolute atomic E-state index is 0.501. The van der Waals surface area contributed by atoms with Crippen LogP contribution >= 0.6 is 11.3 Å². The lowest BCUT2D eigenvalue weighted by atomic mass is 9.80. The van der Waals surface area contributed by atoms with Crippen molar-refractivity contribution in [3.05, 3.63) is 16.1 Å². The molecule has 5 heteroatoms. The van der Waals surface area contributed by atoms with Crippen LogP contribution in [0.3, 0.4) is 0 Å². The van der Waals surface area contributed by atoms with E-state index in [1.807, 2.05) is 0 Å². The lowest BCUT2D eigenvalue weighted by Crippen LogP contribution is -2.21. The van der Waals surface area contributed by atoms with Crippen LogP contribution < -0.4 is 5.73 Å². The molecular weight excluding hydrogens is 248 g/mol. The largest absolute Gasteiger partial charge is 0.480 e. The Morgan fingerprint density at radius 3 is 3.11 bits per heavy atom. The first-order valence-corrected chi connectivity index (χ1v) is 7.43. The van der Waals surface area contributed by atoms with Crippen LogP contribution in [0.25, 0.3) is 0 Å². The Hall–Kier alpha value is -0.940. The third kappa shape index (κ3) is 2.90. The fourth-order valence-electron chi connectivity index (χ4n) is 2.64. The highest BCUT2D eigenvalue weighted by atomic mass is 32.1. The Bertz CT molecular complexity index is 419. The zero-order valence-corrected chi connectivity index (χ0v) is 11.4. The second-order valence-corrected chi connectivity index (χ2v) is 5.95. The molecule has 100 valence electrons. The number of carboxylic acid groups (broad SMARTS) is 1. The monoisotopic (exact) mass is 268 g/mol. The van der Waals surface area contributed by atoms with E-state index < -0.39 is 12.0 Å². The molecule has 1 saturated carbocycles. The summed E-state index contributed by atoms with van der Waals surface area (Å²) in [7, 11) is 0. The van der Waals surface area contributed by atoms with Gasteiger partial charge >= 0.3 is 5.97 Å². The molecule has 1 aromatic rings. The molecule has 0 bridgehead atoms. The Kier molecular flexibility index (Phi) is 4.35. The average Bonchev–Trinajstić information content (AvgIpc) is 2.87. The summed E-state index contributed by atoms with van der Waals surface area (Å²) in [6.07, 6.45) is 6.16. The maximum Gasteiger partial charge on any atom is 0.326 e. The normalized spacial score (nSPS) is 25.9. The van der Waals surface area contributed by atoms with Crippen LogP contribution in [0.1, 0.15) is 61.7 Å². The third-order valence-electron chi connectivity index (χ3n) is 3.83. The molecule has 1 heterocycles. The van der Waals surface area contributed by atoms with E-state index >= 15 is 0 Å². The molecule has 3 N–H and O–H groups in total. The van der Waals surface area contributed by atoms with Gasteiger partial charge in [-0.1, -0.05) is 26.2 Å². The lowest BCUT2D eigenvalue weighted by Gasteiger charge is -2.26. The number of thiazole rings is 1. The van der Waals surface area contributed by atoms with Crippen molar-refractivity contribution in [2.45, 2.75) is 51.0 Å². The standard InChI is InChI=1S/C13H20N2O2S/c1-2-8-4-3-5-9(6-8)12-15-10(7-18-12)11(14)13(16)17/h7-9,11H,2-6,14H2,1H3,(H,16,17). The number of nitrogens with two attached hydrogens (primary N) is 1. The summed E-state index contributed by atoms with van der Waals surface area (Å²) < 4.78 is 0. The highest BCUT2D eigenvalue weighted by molar-refractivity contribution is 7.09. The molecule has 2 rings (SSSR count). The molecule has 1 fully saturated rings. The number of rotatable bonds is 4. The first-order valence-electron chi connectivity index (χ1n) is 6.55. The summed E-state index contributed by atoms with van der Waals surface area (Å²) in [6.45, 7) is 2.24. The number of aliphatic carboxylic acids is 1. The summed E-state index contributed by atoms with van der Waals surface area (Å²) in [6, 6.07) is -0.986. The Morgan fingerprint density at radius 1 is 1.67 bits per heavy atom. The quantitative estimate of drug-likeness (QED) is 0.880. The summed E-state index contributed by atoms with van der Waals surface area (Å²) in [4.78, 5) is 15.3. The van der Waals surface area contributed by atoms with E-state index in [1.165, 1.54) is 32.1 Å². The zero-order valence-electron chi connectivity index (χ0n) is 10.6. The summed E-state index contributed by atoms with van der Waals surface area (Å²) >= 11 is 1.56. The van der Waals surface area contributed by atoms with E-state index in [0.29, 0.717) is 11.6 Å². The summed E-state index contributed by atoms with van der Waals surface area (Å²) in [5.41, 5.74) is 6.08. The predicted octanol–water partition coefficient (Wildman–Crippen LogP) is 2.91. The van der Waals surface area contributed by atoms with Crippen LogP contribution in [0.15, 0.2) is 5.38 Å². The van der Waals surface area contributed by atoms with E-state index in [-0.39, 0.29) is 0 Å². The third-order valence-corrected chi connectivity index (χ3v) is 4.86. The average molecular weight is 268 g/mol. The van der Waals surface area contributed by atoms with Crippen molar-refractivity contribution in [2.75, 3.05) is 0 Å². The summed E-state index contributed by atoms with van der Waals surface area (Å²) in [5, 5.41) is 11.7. The molecule has 0 aromatic carbocycles. The Balaban J connectivity index is 2.07. The second-order valence-electron chi connectivity index (χ2n) is 5.06. The molecule has 0 radical (unpaired) electrons. The van der Waals surface area contributed by atoms with Crippen LogP contribution in [-0.4, -0.2) is 16.1 Å². The molecule has 4 nitrogen and oxygen atoms in total. The molecule has 0 saturated heterocycles. The van der Waals surface area contributed by atoms with Crippen molar-refractivity contribution >= 4 is 17.3 Å². The first kappa shape index (κ1) is 13.5. The van der Waals surface area contributed by atoms with Crippen LogP contribution in [0.4, 0.5) is 0 Å². The van der Waals surface area contributed by atoms with Gasteiger partial charge in [0.1, 0.15) is 6.04 Å². The van der Waals surface area contributed by atoms with E-state index in [9.17, 15) is 4.79 Å². The van der Waals surface area contributed by atoms with Gasteiger partial charge in [-0.25, -0.2) is 4.98 Å². The molecule has 0 amide bonds. The predicted molar refractivity (Wildman–Crippen MR) is 71.7 cm³/mol. The van der Waals surface area contributed by atoms with E-state index in [1.54, 1.807) is 16.7 Å². The first-order chi connectivity index (χ1) is 8.61. The Morgan fingerprint density at radius 2 is 2.44 bits per heavy atom. The number of nitrogens with zero attached hydrogens (tertiary/aromatic N) is 1. The molecule has 1 aliphatic rings. The highest BCUT2D eigenvalue weighted by Gasteiger charge is 2.26. The molecule has 3 atom stereocenters. The lowest BCUT2D eigenvalue weighted by molar-refractivity contribution is -0.138. The van der Waals surface area contributed by atoms with Crippen LogP contribution in [-0.2, 0) is 4.79 Å². The molecule has 1 aromatic heterocycles. The van der Waals surface area contributed by atoms with Gasteiger partial charge in [-0.3, -0.25) is 4.79 Å². The Labute approximate surface area is 111 Å². The number of hydrogen-bond donors (Lipinski definition) is 2. The molecule has 0 aliphatic heterocycles. The fourth-order valence-corrected chi connectivity index (χ4v) is 3.65. The van der Waals surface area contributed by atoms with Gasteiger partial charge in [0, 0.05) is 11.3 Å². The van der Waals surface area contributed by atoms with Gasteiger partial charge in [0.15, 0.2) is 0 Å². The van der Waals surface area contributed by atoms with Crippen molar-refractivity contribution in [1.82, 2.24) is 4.98 Å². The van der Waals surface area contributed by atoms with Crippen LogP contribution in [0, 0.1) is 5.92 Å². The van der Waals surface area contributed by atoms with Crippen molar-refractivity contribution in [3.63, 3.8) is 0 Å². The van der Waals surface area contributed by atoms with Gasteiger partial charge in [0.05, 0.1) is 10.7 Å².